The number of pyridine rings is 1. The van der Waals surface area contributed by atoms with E-state index in [1.807, 2.05) is 66.7 Å². The van der Waals surface area contributed by atoms with Crippen molar-refractivity contribution < 1.29 is 19.4 Å². The number of aliphatic hydroxyl groups is 1. The van der Waals surface area contributed by atoms with Gasteiger partial charge in [-0.15, -0.1) is 11.3 Å². The standard InChI is InChI=1S/C31H27N3O4S2/c35-18-20-7-9-21(10-8-20)27-16-25(19-39-31-34-26-5-1-2-6-28(26)40-31)37-30(38-27)22-11-13-24(14-12-22)33-29(36)23-4-3-15-32-17-23/h1-15,17,25,27,30,35H,16,18-19H2,(H,33,36)/t25-,27+,30+/m0/s1. The molecular weight excluding hydrogens is 542 g/mol. The first kappa shape index (κ1) is 26.6. The van der Waals surface area contributed by atoms with Crippen molar-refractivity contribution >= 4 is 44.9 Å². The summed E-state index contributed by atoms with van der Waals surface area (Å²) in [4.78, 5) is 21.3. The SMILES string of the molecule is O=C(Nc1ccc([C@@H]2O[C@H](CSc3nc4ccccc4s3)C[C@H](c3ccc(CO)cc3)O2)cc1)c1cccnc1. The van der Waals surface area contributed by atoms with Crippen LogP contribution in [0, 0.1) is 0 Å². The molecule has 3 aromatic carbocycles. The highest BCUT2D eigenvalue weighted by molar-refractivity contribution is 8.01. The quantitative estimate of drug-likeness (QED) is 0.199. The van der Waals surface area contributed by atoms with Crippen molar-refractivity contribution in [3.8, 4) is 0 Å². The Labute approximate surface area is 240 Å². The monoisotopic (exact) mass is 569 g/mol. The molecule has 1 fully saturated rings. The number of carbonyl (C=O) groups excluding carboxylic acids is 1. The fourth-order valence-electron chi connectivity index (χ4n) is 4.52. The van der Waals surface area contributed by atoms with Gasteiger partial charge in [-0.25, -0.2) is 4.98 Å². The van der Waals surface area contributed by atoms with Crippen molar-refractivity contribution in [2.75, 3.05) is 11.1 Å². The Hall–Kier alpha value is -3.60. The van der Waals surface area contributed by atoms with Crippen LogP contribution >= 0.6 is 23.1 Å². The van der Waals surface area contributed by atoms with Gasteiger partial charge in [-0.3, -0.25) is 9.78 Å². The maximum absolute atomic E-state index is 12.5. The van der Waals surface area contributed by atoms with Gasteiger partial charge in [0.15, 0.2) is 10.6 Å². The fourth-order valence-corrected chi connectivity index (χ4v) is 6.64. The number of aliphatic hydroxyl groups excluding tert-OH is 1. The fraction of sp³-hybridized carbons (Fsp3) is 0.194. The van der Waals surface area contributed by atoms with Crippen LogP contribution in [0.25, 0.3) is 10.2 Å². The Morgan fingerprint density at radius 3 is 2.52 bits per heavy atom. The molecular formula is C31H27N3O4S2. The minimum absolute atomic E-state index is 0.00262. The van der Waals surface area contributed by atoms with E-state index in [4.69, 9.17) is 14.5 Å². The highest BCUT2D eigenvalue weighted by Crippen LogP contribution is 2.40. The van der Waals surface area contributed by atoms with E-state index in [2.05, 4.69) is 16.4 Å². The van der Waals surface area contributed by atoms with Crippen LogP contribution in [0.2, 0.25) is 0 Å². The summed E-state index contributed by atoms with van der Waals surface area (Å²) in [7, 11) is 0. The van der Waals surface area contributed by atoms with E-state index in [0.717, 1.165) is 32.3 Å². The lowest BCUT2D eigenvalue weighted by molar-refractivity contribution is -0.245. The number of benzene rings is 3. The van der Waals surface area contributed by atoms with E-state index >= 15 is 0 Å². The van der Waals surface area contributed by atoms with Crippen molar-refractivity contribution in [1.82, 2.24) is 9.97 Å². The van der Waals surface area contributed by atoms with Crippen molar-refractivity contribution in [1.29, 1.82) is 0 Å². The summed E-state index contributed by atoms with van der Waals surface area (Å²) in [5.41, 5.74) is 4.95. The summed E-state index contributed by atoms with van der Waals surface area (Å²) in [6.07, 6.45) is 3.06. The molecule has 1 aliphatic rings. The molecule has 1 saturated heterocycles. The zero-order valence-electron chi connectivity index (χ0n) is 21.5. The minimum Gasteiger partial charge on any atom is -0.392 e. The lowest BCUT2D eigenvalue weighted by Crippen LogP contribution is -2.31. The molecule has 7 nitrogen and oxygen atoms in total. The maximum atomic E-state index is 12.5. The maximum Gasteiger partial charge on any atom is 0.257 e. The molecule has 2 N–H and O–H groups in total. The topological polar surface area (TPSA) is 93.6 Å². The summed E-state index contributed by atoms with van der Waals surface area (Å²) < 4.78 is 15.1. The second kappa shape index (κ2) is 12.3. The van der Waals surface area contributed by atoms with Gasteiger partial charge >= 0.3 is 0 Å². The highest BCUT2D eigenvalue weighted by Gasteiger charge is 2.32. The van der Waals surface area contributed by atoms with E-state index in [9.17, 15) is 9.90 Å². The number of thiazole rings is 1. The molecule has 0 radical (unpaired) electrons. The number of rotatable bonds is 8. The zero-order chi connectivity index (χ0) is 27.3. The third-order valence-electron chi connectivity index (χ3n) is 6.65. The van der Waals surface area contributed by atoms with Gasteiger partial charge in [0.1, 0.15) is 0 Å². The van der Waals surface area contributed by atoms with Crippen LogP contribution in [-0.4, -0.2) is 32.8 Å². The number of para-hydroxylation sites is 1. The number of anilines is 1. The highest BCUT2D eigenvalue weighted by atomic mass is 32.2. The molecule has 0 aliphatic carbocycles. The van der Waals surface area contributed by atoms with E-state index in [-0.39, 0.29) is 24.7 Å². The normalized spacial score (nSPS) is 19.0. The van der Waals surface area contributed by atoms with Crippen molar-refractivity contribution in [3.63, 3.8) is 0 Å². The zero-order valence-corrected chi connectivity index (χ0v) is 23.1. The van der Waals surface area contributed by atoms with Gasteiger partial charge in [0.25, 0.3) is 5.91 Å². The summed E-state index contributed by atoms with van der Waals surface area (Å²) in [5, 5.41) is 12.4. The molecule has 3 heterocycles. The Morgan fingerprint density at radius 2 is 1.77 bits per heavy atom. The summed E-state index contributed by atoms with van der Waals surface area (Å²) in [6, 6.07) is 27.0. The van der Waals surface area contributed by atoms with Crippen LogP contribution in [-0.2, 0) is 16.1 Å². The largest absolute Gasteiger partial charge is 0.392 e. The second-order valence-electron chi connectivity index (χ2n) is 9.43. The van der Waals surface area contributed by atoms with Crippen LogP contribution in [0.3, 0.4) is 0 Å². The number of ether oxygens (including phenoxy) is 2. The number of nitrogens with zero attached hydrogens (tertiary/aromatic N) is 2. The molecule has 0 saturated carbocycles. The van der Waals surface area contributed by atoms with Gasteiger partial charge in [0, 0.05) is 35.8 Å². The number of hydrogen-bond donors (Lipinski definition) is 2. The van der Waals surface area contributed by atoms with Gasteiger partial charge in [-0.1, -0.05) is 60.3 Å². The van der Waals surface area contributed by atoms with Crippen molar-refractivity contribution in [2.45, 2.75) is 35.9 Å². The molecule has 6 rings (SSSR count). The average Bonchev–Trinajstić information content (AvgIpc) is 3.44. The number of fused-ring (bicyclic) bond motifs is 1. The first-order valence-electron chi connectivity index (χ1n) is 12.9. The molecule has 0 unspecified atom stereocenters. The molecule has 40 heavy (non-hydrogen) atoms. The van der Waals surface area contributed by atoms with Crippen LogP contribution in [0.15, 0.2) is 102 Å². The van der Waals surface area contributed by atoms with Crippen molar-refractivity contribution in [3.05, 3.63) is 120 Å². The van der Waals surface area contributed by atoms with Gasteiger partial charge in [0.05, 0.1) is 34.6 Å². The number of carbonyl (C=O) groups is 1. The summed E-state index contributed by atoms with van der Waals surface area (Å²) in [5.74, 6) is 0.522. The predicted molar refractivity (Wildman–Crippen MR) is 157 cm³/mol. The Balaban J connectivity index is 1.18. The second-order valence-corrected chi connectivity index (χ2v) is 11.7. The summed E-state index contributed by atoms with van der Waals surface area (Å²) >= 11 is 3.39. The molecule has 0 spiro atoms. The number of aromatic nitrogens is 2. The van der Waals surface area contributed by atoms with Gasteiger partial charge < -0.3 is 19.9 Å². The molecule has 202 valence electrons. The number of hydrogen-bond acceptors (Lipinski definition) is 8. The van der Waals surface area contributed by atoms with Gasteiger partial charge in [-0.2, -0.15) is 0 Å². The molecule has 1 aliphatic heterocycles. The van der Waals surface area contributed by atoms with E-state index in [1.165, 1.54) is 10.9 Å². The predicted octanol–water partition coefficient (Wildman–Crippen LogP) is 6.77. The number of amides is 1. The molecule has 5 aromatic rings. The lowest BCUT2D eigenvalue weighted by atomic mass is 10.0. The third-order valence-corrected chi connectivity index (χ3v) is 8.96. The minimum atomic E-state index is -0.569. The first-order valence-corrected chi connectivity index (χ1v) is 14.7. The number of thioether (sulfide) groups is 1. The van der Waals surface area contributed by atoms with Crippen LogP contribution < -0.4 is 5.32 Å². The van der Waals surface area contributed by atoms with Gasteiger partial charge in [-0.05, 0) is 47.5 Å². The average molecular weight is 570 g/mol. The Morgan fingerprint density at radius 1 is 0.975 bits per heavy atom. The summed E-state index contributed by atoms with van der Waals surface area (Å²) in [6.45, 7) is 0.00262. The van der Waals surface area contributed by atoms with E-state index < -0.39 is 6.29 Å². The van der Waals surface area contributed by atoms with Crippen molar-refractivity contribution in [2.24, 2.45) is 0 Å². The van der Waals surface area contributed by atoms with Gasteiger partial charge in [0.2, 0.25) is 0 Å². The van der Waals surface area contributed by atoms with E-state index in [0.29, 0.717) is 17.7 Å². The Bertz CT molecular complexity index is 1540. The molecule has 0 bridgehead atoms. The molecule has 3 atom stereocenters. The van der Waals surface area contributed by atoms with E-state index in [1.54, 1.807) is 41.4 Å². The number of nitrogens with one attached hydrogen (secondary N) is 1. The smallest absolute Gasteiger partial charge is 0.257 e. The van der Waals surface area contributed by atoms with Crippen LogP contribution in [0.1, 0.15) is 45.9 Å². The Kier molecular flexibility index (Phi) is 8.17. The molecule has 9 heteroatoms. The van der Waals surface area contributed by atoms with Crippen LogP contribution in [0.4, 0.5) is 5.69 Å². The third kappa shape index (κ3) is 6.24. The lowest BCUT2D eigenvalue weighted by Gasteiger charge is -2.36. The molecule has 2 aromatic heterocycles. The molecule has 1 amide bonds. The van der Waals surface area contributed by atoms with Crippen LogP contribution in [0.5, 0.6) is 0 Å². The first-order chi connectivity index (χ1) is 19.6.